The molecule has 1 saturated carbocycles. The van der Waals surface area contributed by atoms with E-state index in [4.69, 9.17) is 11.6 Å². The molecule has 0 spiro atoms. The van der Waals surface area contributed by atoms with Crippen molar-refractivity contribution in [2.24, 2.45) is 5.92 Å². The monoisotopic (exact) mass is 371 g/mol. The summed E-state index contributed by atoms with van der Waals surface area (Å²) in [6.45, 7) is 4.63. The largest absolute Gasteiger partial charge is 0.252 e. The second-order valence-corrected chi connectivity index (χ2v) is 9.78. The van der Waals surface area contributed by atoms with Crippen molar-refractivity contribution in [1.82, 2.24) is 4.31 Å². The lowest BCUT2D eigenvalue weighted by atomic mass is 10.2. The first-order valence-corrected chi connectivity index (χ1v) is 9.21. The second kappa shape index (κ2) is 5.40. The Morgan fingerprint density at radius 2 is 2.17 bits per heavy atom. The number of rotatable bonds is 5. The standard InChI is InChI=1S/C11H15BrClNO2S2/c1-7(2)6-14(8-3-4-8)18(15,16)10-5-9(13)11(12)17-10/h5,7-8H,3-4,6H2,1-2H3. The zero-order chi connectivity index (χ0) is 13.5. The van der Waals surface area contributed by atoms with Gasteiger partial charge in [-0.2, -0.15) is 4.31 Å². The number of sulfonamides is 1. The van der Waals surface area contributed by atoms with Crippen LogP contribution >= 0.6 is 38.9 Å². The average molecular weight is 373 g/mol. The molecule has 0 unspecified atom stereocenters. The molecule has 3 nitrogen and oxygen atoms in total. The fourth-order valence-corrected chi connectivity index (χ4v) is 6.11. The average Bonchev–Trinajstić information content (AvgIpc) is 3.02. The highest BCUT2D eigenvalue weighted by atomic mass is 79.9. The van der Waals surface area contributed by atoms with Gasteiger partial charge in [0.2, 0.25) is 0 Å². The molecule has 0 atom stereocenters. The van der Waals surface area contributed by atoms with Crippen LogP contribution in [0.4, 0.5) is 0 Å². The van der Waals surface area contributed by atoms with E-state index < -0.39 is 10.0 Å². The predicted octanol–water partition coefficient (Wildman–Crippen LogP) is 3.97. The van der Waals surface area contributed by atoms with Crippen molar-refractivity contribution in [2.75, 3.05) is 6.54 Å². The van der Waals surface area contributed by atoms with Gasteiger partial charge in [0.05, 0.1) is 8.81 Å². The van der Waals surface area contributed by atoms with Gasteiger partial charge in [-0.1, -0.05) is 25.4 Å². The first kappa shape index (κ1) is 14.8. The van der Waals surface area contributed by atoms with Crippen LogP contribution in [0.1, 0.15) is 26.7 Å². The molecule has 1 heterocycles. The molecule has 2 rings (SSSR count). The summed E-state index contributed by atoms with van der Waals surface area (Å²) in [6, 6.07) is 1.71. The number of hydrogen-bond acceptors (Lipinski definition) is 3. The van der Waals surface area contributed by atoms with Gasteiger partial charge in [0, 0.05) is 12.6 Å². The molecule has 18 heavy (non-hydrogen) atoms. The molecule has 1 aliphatic carbocycles. The highest BCUT2D eigenvalue weighted by molar-refractivity contribution is 9.11. The van der Waals surface area contributed by atoms with Gasteiger partial charge in [0.1, 0.15) is 4.21 Å². The van der Waals surface area contributed by atoms with Gasteiger partial charge in [-0.15, -0.1) is 11.3 Å². The Labute approximate surface area is 125 Å². The van der Waals surface area contributed by atoms with Gasteiger partial charge >= 0.3 is 0 Å². The minimum absolute atomic E-state index is 0.178. The van der Waals surface area contributed by atoms with E-state index in [-0.39, 0.29) is 6.04 Å². The molecule has 0 N–H and O–H groups in total. The molecule has 0 aliphatic heterocycles. The lowest BCUT2D eigenvalue weighted by molar-refractivity contribution is 0.361. The van der Waals surface area contributed by atoms with E-state index in [9.17, 15) is 8.42 Å². The normalized spacial score (nSPS) is 16.8. The fourth-order valence-electron chi connectivity index (χ4n) is 1.74. The fraction of sp³-hybridized carbons (Fsp3) is 0.636. The molecule has 0 saturated heterocycles. The van der Waals surface area contributed by atoms with E-state index in [0.29, 0.717) is 25.5 Å². The van der Waals surface area contributed by atoms with Crippen LogP contribution in [-0.2, 0) is 10.0 Å². The predicted molar refractivity (Wildman–Crippen MR) is 78.8 cm³/mol. The molecule has 0 bridgehead atoms. The van der Waals surface area contributed by atoms with Crippen LogP contribution < -0.4 is 0 Å². The highest BCUT2D eigenvalue weighted by Crippen LogP contribution is 2.39. The van der Waals surface area contributed by atoms with E-state index in [1.165, 1.54) is 17.4 Å². The lowest BCUT2D eigenvalue weighted by Crippen LogP contribution is -2.35. The van der Waals surface area contributed by atoms with Crippen LogP contribution in [0, 0.1) is 5.92 Å². The number of nitrogens with zero attached hydrogens (tertiary/aromatic N) is 1. The van der Waals surface area contributed by atoms with E-state index in [1.807, 2.05) is 13.8 Å². The minimum atomic E-state index is -3.40. The Morgan fingerprint density at radius 3 is 2.56 bits per heavy atom. The Bertz CT molecular complexity index is 518. The summed E-state index contributed by atoms with van der Waals surface area (Å²) in [5, 5.41) is 0.457. The van der Waals surface area contributed by atoms with Gasteiger partial charge in [-0.05, 0) is 40.8 Å². The van der Waals surface area contributed by atoms with Crippen molar-refractivity contribution >= 4 is 48.9 Å². The molecule has 1 fully saturated rings. The Morgan fingerprint density at radius 1 is 1.56 bits per heavy atom. The summed E-state index contributed by atoms with van der Waals surface area (Å²) >= 11 is 10.4. The first-order valence-electron chi connectivity index (χ1n) is 5.79. The Hall–Kier alpha value is 0.380. The number of thiophene rings is 1. The van der Waals surface area contributed by atoms with Gasteiger partial charge in [-0.3, -0.25) is 0 Å². The SMILES string of the molecule is CC(C)CN(C1CC1)S(=O)(=O)c1cc(Cl)c(Br)s1. The Kier molecular flexibility index (Phi) is 4.44. The molecule has 1 aromatic heterocycles. The van der Waals surface area contributed by atoms with Gasteiger partial charge in [0.25, 0.3) is 10.0 Å². The lowest BCUT2D eigenvalue weighted by Gasteiger charge is -2.22. The summed E-state index contributed by atoms with van der Waals surface area (Å²) in [7, 11) is -3.40. The van der Waals surface area contributed by atoms with Crippen LogP contribution in [-0.4, -0.2) is 25.3 Å². The van der Waals surface area contributed by atoms with Crippen molar-refractivity contribution in [1.29, 1.82) is 0 Å². The van der Waals surface area contributed by atoms with E-state index in [0.717, 1.165) is 12.8 Å². The first-order chi connectivity index (χ1) is 8.32. The highest BCUT2D eigenvalue weighted by Gasteiger charge is 2.39. The molecule has 0 amide bonds. The van der Waals surface area contributed by atoms with Crippen molar-refractivity contribution in [3.63, 3.8) is 0 Å². The zero-order valence-electron chi connectivity index (χ0n) is 10.2. The van der Waals surface area contributed by atoms with Crippen LogP contribution in [0.5, 0.6) is 0 Å². The van der Waals surface area contributed by atoms with Gasteiger partial charge in [-0.25, -0.2) is 8.42 Å². The summed E-state index contributed by atoms with van der Waals surface area (Å²) in [4.78, 5) is 0. The summed E-state index contributed by atoms with van der Waals surface area (Å²) in [5.74, 6) is 0.319. The molecule has 1 aliphatic rings. The molecule has 7 heteroatoms. The zero-order valence-corrected chi connectivity index (χ0v) is 14.2. The van der Waals surface area contributed by atoms with Gasteiger partial charge < -0.3 is 0 Å². The molecular formula is C11H15BrClNO2S2. The molecule has 1 aromatic rings. The van der Waals surface area contributed by atoms with Gasteiger partial charge in [0.15, 0.2) is 0 Å². The van der Waals surface area contributed by atoms with E-state index >= 15 is 0 Å². The van der Waals surface area contributed by atoms with Crippen LogP contribution in [0.15, 0.2) is 14.1 Å². The quantitative estimate of drug-likeness (QED) is 0.784. The van der Waals surface area contributed by atoms with Crippen molar-refractivity contribution in [3.8, 4) is 0 Å². The van der Waals surface area contributed by atoms with E-state index in [2.05, 4.69) is 15.9 Å². The molecule has 102 valence electrons. The van der Waals surface area contributed by atoms with Crippen LogP contribution in [0.3, 0.4) is 0 Å². The maximum absolute atomic E-state index is 12.6. The summed E-state index contributed by atoms with van der Waals surface area (Å²) < 4.78 is 27.8. The minimum Gasteiger partial charge on any atom is -0.206 e. The molecular weight excluding hydrogens is 358 g/mol. The van der Waals surface area contributed by atoms with Crippen molar-refractivity contribution in [2.45, 2.75) is 36.9 Å². The Balaban J connectivity index is 2.32. The number of hydrogen-bond donors (Lipinski definition) is 0. The maximum atomic E-state index is 12.6. The summed E-state index contributed by atoms with van der Waals surface area (Å²) in [6.07, 6.45) is 1.93. The third-order valence-electron chi connectivity index (χ3n) is 2.68. The van der Waals surface area contributed by atoms with Crippen molar-refractivity contribution < 1.29 is 8.42 Å². The third kappa shape index (κ3) is 3.10. The summed E-state index contributed by atoms with van der Waals surface area (Å²) in [5.41, 5.74) is 0. The van der Waals surface area contributed by atoms with Crippen LogP contribution in [0.25, 0.3) is 0 Å². The smallest absolute Gasteiger partial charge is 0.206 e. The maximum Gasteiger partial charge on any atom is 0.252 e. The van der Waals surface area contributed by atoms with Crippen molar-refractivity contribution in [3.05, 3.63) is 14.9 Å². The second-order valence-electron chi connectivity index (χ2n) is 4.89. The number of halogens is 2. The molecule has 0 aromatic carbocycles. The third-order valence-corrected chi connectivity index (χ3v) is 7.53. The van der Waals surface area contributed by atoms with Crippen LogP contribution in [0.2, 0.25) is 5.02 Å². The van der Waals surface area contributed by atoms with E-state index in [1.54, 1.807) is 4.31 Å². The topological polar surface area (TPSA) is 37.4 Å². The molecule has 0 radical (unpaired) electrons.